The van der Waals surface area contributed by atoms with Crippen molar-refractivity contribution in [2.24, 2.45) is 0 Å². The number of allylic oxidation sites excluding steroid dienone is 2. The van der Waals surface area contributed by atoms with Crippen molar-refractivity contribution in [3.05, 3.63) is 42.5 Å². The minimum absolute atomic E-state index is 0.0765. The molecular weight excluding hydrogens is 200 g/mol. The number of aliphatic hydroxyl groups excluding tert-OH is 1. The highest BCUT2D eigenvalue weighted by atomic mass is 16.5. The predicted molar refractivity (Wildman–Crippen MR) is 64.5 cm³/mol. The number of aliphatic hydroxyl groups is 1. The Kier molecular flexibility index (Phi) is 4.00. The van der Waals surface area contributed by atoms with Crippen molar-refractivity contribution in [1.29, 1.82) is 0 Å². The number of hydrogen-bond donors (Lipinski definition) is 1. The Morgan fingerprint density at radius 3 is 2.44 bits per heavy atom. The van der Waals surface area contributed by atoms with Crippen molar-refractivity contribution >= 4 is 0 Å². The van der Waals surface area contributed by atoms with Crippen molar-refractivity contribution in [2.45, 2.75) is 37.9 Å². The first-order valence-corrected chi connectivity index (χ1v) is 5.91. The molecule has 0 heterocycles. The fourth-order valence-corrected chi connectivity index (χ4v) is 1.95. The summed E-state index contributed by atoms with van der Waals surface area (Å²) in [4.78, 5) is 0. The van der Waals surface area contributed by atoms with Crippen molar-refractivity contribution in [3.8, 4) is 5.75 Å². The predicted octanol–water partition coefficient (Wildman–Crippen LogP) is 2.93. The maximum Gasteiger partial charge on any atom is 0.125 e. The van der Waals surface area contributed by atoms with Gasteiger partial charge in [0.1, 0.15) is 11.9 Å². The average Bonchev–Trinajstić information content (AvgIpc) is 2.30. The molecule has 16 heavy (non-hydrogen) atoms. The van der Waals surface area contributed by atoms with Crippen LogP contribution in [0, 0.1) is 0 Å². The third-order valence-corrected chi connectivity index (χ3v) is 2.87. The molecule has 0 spiro atoms. The molecule has 0 aliphatic heterocycles. The molecule has 0 saturated carbocycles. The van der Waals surface area contributed by atoms with Gasteiger partial charge in [-0.15, -0.1) is 0 Å². The molecule has 0 radical (unpaired) electrons. The van der Waals surface area contributed by atoms with Crippen LogP contribution in [0.4, 0.5) is 0 Å². The second-order valence-corrected chi connectivity index (χ2v) is 4.16. The molecule has 2 nitrogen and oxygen atoms in total. The van der Waals surface area contributed by atoms with Crippen LogP contribution >= 0.6 is 0 Å². The summed E-state index contributed by atoms with van der Waals surface area (Å²) >= 11 is 0. The first-order chi connectivity index (χ1) is 7.86. The molecule has 1 aromatic carbocycles. The van der Waals surface area contributed by atoms with Gasteiger partial charge in [0, 0.05) is 0 Å². The van der Waals surface area contributed by atoms with E-state index in [0.29, 0.717) is 0 Å². The van der Waals surface area contributed by atoms with Crippen LogP contribution in [0.1, 0.15) is 25.7 Å². The zero-order valence-corrected chi connectivity index (χ0v) is 9.38. The van der Waals surface area contributed by atoms with E-state index in [2.05, 4.69) is 12.2 Å². The van der Waals surface area contributed by atoms with Crippen LogP contribution in [0.25, 0.3) is 0 Å². The maximum absolute atomic E-state index is 9.98. The zero-order valence-electron chi connectivity index (χ0n) is 9.38. The first kappa shape index (κ1) is 11.2. The zero-order chi connectivity index (χ0) is 11.2. The molecule has 1 aromatic rings. The highest BCUT2D eigenvalue weighted by molar-refractivity contribution is 5.21. The molecule has 1 aliphatic carbocycles. The van der Waals surface area contributed by atoms with Gasteiger partial charge in [-0.25, -0.2) is 0 Å². The van der Waals surface area contributed by atoms with Crippen LogP contribution in [0.5, 0.6) is 5.75 Å². The molecule has 2 heteroatoms. The maximum atomic E-state index is 9.98. The lowest BCUT2D eigenvalue weighted by atomic mass is 10.0. The van der Waals surface area contributed by atoms with Gasteiger partial charge in [-0.05, 0) is 37.8 Å². The molecular formula is C14H18O2. The summed E-state index contributed by atoms with van der Waals surface area (Å²) in [7, 11) is 0. The molecule has 0 bridgehead atoms. The lowest BCUT2D eigenvalue weighted by Gasteiger charge is -2.24. The van der Waals surface area contributed by atoms with Gasteiger partial charge in [0.2, 0.25) is 0 Å². The van der Waals surface area contributed by atoms with Gasteiger partial charge in [-0.2, -0.15) is 0 Å². The smallest absolute Gasteiger partial charge is 0.125 e. The lowest BCUT2D eigenvalue weighted by molar-refractivity contribution is 0.0261. The average molecular weight is 218 g/mol. The fraction of sp³-hybridized carbons (Fsp3) is 0.429. The second-order valence-electron chi connectivity index (χ2n) is 4.16. The molecule has 0 unspecified atom stereocenters. The van der Waals surface area contributed by atoms with E-state index in [0.717, 1.165) is 31.4 Å². The van der Waals surface area contributed by atoms with Crippen molar-refractivity contribution in [1.82, 2.24) is 0 Å². The van der Waals surface area contributed by atoms with Crippen LogP contribution in [-0.2, 0) is 0 Å². The number of rotatable bonds is 2. The van der Waals surface area contributed by atoms with E-state index < -0.39 is 0 Å². The van der Waals surface area contributed by atoms with Crippen LogP contribution in [0.2, 0.25) is 0 Å². The number of benzene rings is 1. The van der Waals surface area contributed by atoms with Crippen LogP contribution < -0.4 is 4.74 Å². The Bertz CT molecular complexity index is 332. The number of hydrogen-bond acceptors (Lipinski definition) is 2. The third kappa shape index (κ3) is 3.11. The van der Waals surface area contributed by atoms with E-state index in [9.17, 15) is 5.11 Å². The highest BCUT2D eigenvalue weighted by Crippen LogP contribution is 2.20. The Hall–Kier alpha value is -1.28. The van der Waals surface area contributed by atoms with E-state index in [1.54, 1.807) is 0 Å². The van der Waals surface area contributed by atoms with Crippen LogP contribution in [0.3, 0.4) is 0 Å². The summed E-state index contributed by atoms with van der Waals surface area (Å²) in [5, 5.41) is 9.98. The minimum atomic E-state index is -0.356. The summed E-state index contributed by atoms with van der Waals surface area (Å²) in [6.07, 6.45) is 7.47. The molecule has 0 saturated heterocycles. The summed E-state index contributed by atoms with van der Waals surface area (Å²) < 4.78 is 5.82. The minimum Gasteiger partial charge on any atom is -0.488 e. The van der Waals surface area contributed by atoms with Gasteiger partial charge in [-0.1, -0.05) is 30.4 Å². The summed E-state index contributed by atoms with van der Waals surface area (Å²) in [5.74, 6) is 0.844. The van der Waals surface area contributed by atoms with Gasteiger partial charge < -0.3 is 9.84 Å². The summed E-state index contributed by atoms with van der Waals surface area (Å²) in [5.41, 5.74) is 0. The fourth-order valence-electron chi connectivity index (χ4n) is 1.95. The molecule has 0 fully saturated rings. The largest absolute Gasteiger partial charge is 0.488 e. The number of para-hydroxylation sites is 1. The van der Waals surface area contributed by atoms with Gasteiger partial charge in [-0.3, -0.25) is 0 Å². The number of ether oxygens (including phenoxy) is 1. The van der Waals surface area contributed by atoms with Gasteiger partial charge in [0.05, 0.1) is 6.10 Å². The Balaban J connectivity index is 1.99. The van der Waals surface area contributed by atoms with E-state index in [1.807, 2.05) is 30.3 Å². The Morgan fingerprint density at radius 1 is 1.00 bits per heavy atom. The topological polar surface area (TPSA) is 29.5 Å². The highest BCUT2D eigenvalue weighted by Gasteiger charge is 2.20. The molecule has 1 aliphatic rings. The second kappa shape index (κ2) is 5.71. The van der Waals surface area contributed by atoms with Gasteiger partial charge in [0.25, 0.3) is 0 Å². The van der Waals surface area contributed by atoms with Crippen molar-refractivity contribution in [2.75, 3.05) is 0 Å². The normalized spacial score (nSPS) is 25.8. The third-order valence-electron chi connectivity index (χ3n) is 2.87. The molecule has 0 aromatic heterocycles. The first-order valence-electron chi connectivity index (χ1n) is 5.91. The van der Waals surface area contributed by atoms with Crippen LogP contribution in [-0.4, -0.2) is 17.3 Å². The molecule has 2 rings (SSSR count). The molecule has 86 valence electrons. The summed E-state index contributed by atoms with van der Waals surface area (Å²) in [6, 6.07) is 9.72. The Labute approximate surface area is 96.6 Å². The van der Waals surface area contributed by atoms with Crippen molar-refractivity contribution in [3.63, 3.8) is 0 Å². The van der Waals surface area contributed by atoms with E-state index in [1.165, 1.54) is 0 Å². The molecule has 2 atom stereocenters. The SMILES string of the molecule is O[C@@H]1CCC=CCC[C@H]1Oc1ccccc1. The van der Waals surface area contributed by atoms with Crippen LogP contribution in [0.15, 0.2) is 42.5 Å². The molecule has 0 amide bonds. The van der Waals surface area contributed by atoms with Crippen molar-refractivity contribution < 1.29 is 9.84 Å². The van der Waals surface area contributed by atoms with Gasteiger partial charge in [0.15, 0.2) is 0 Å². The standard InChI is InChI=1S/C14H18O2/c15-13-10-6-1-2-7-11-14(13)16-12-8-4-3-5-9-12/h1-5,8-9,13-15H,6-7,10-11H2/t13-,14-/m1/s1. The summed E-state index contributed by atoms with van der Waals surface area (Å²) in [6.45, 7) is 0. The quantitative estimate of drug-likeness (QED) is 0.773. The lowest BCUT2D eigenvalue weighted by Crippen LogP contribution is -2.32. The van der Waals surface area contributed by atoms with Gasteiger partial charge >= 0.3 is 0 Å². The van der Waals surface area contributed by atoms with E-state index in [4.69, 9.17) is 4.74 Å². The van der Waals surface area contributed by atoms with E-state index >= 15 is 0 Å². The monoisotopic (exact) mass is 218 g/mol. The van der Waals surface area contributed by atoms with E-state index in [-0.39, 0.29) is 12.2 Å². The Morgan fingerprint density at radius 2 is 1.69 bits per heavy atom. The molecule has 1 N–H and O–H groups in total.